The van der Waals surface area contributed by atoms with Gasteiger partial charge in [-0.15, -0.1) is 0 Å². The molecule has 0 aromatic carbocycles. The summed E-state index contributed by atoms with van der Waals surface area (Å²) in [6.45, 7) is 2.79. The number of ether oxygens (including phenoxy) is 1. The maximum Gasteiger partial charge on any atom is 0.321 e. The largest absolute Gasteiger partial charge is 0.467 e. The van der Waals surface area contributed by atoms with Crippen molar-refractivity contribution in [3.8, 4) is 6.01 Å². The number of nitrogens with zero attached hydrogens (tertiary/aromatic N) is 3. The highest BCUT2D eigenvalue weighted by molar-refractivity contribution is 7.99. The van der Waals surface area contributed by atoms with Crippen LogP contribution in [0.25, 0.3) is 0 Å². The van der Waals surface area contributed by atoms with Crippen LogP contribution in [-0.4, -0.2) is 40.3 Å². The highest BCUT2D eigenvalue weighted by atomic mass is 32.2. The SMILES string of the molecule is CCCNc1nc(OC)nc(SCC(N)=O)n1. The molecule has 0 aliphatic heterocycles. The van der Waals surface area contributed by atoms with E-state index in [9.17, 15) is 4.79 Å². The number of thioether (sulfide) groups is 1. The highest BCUT2D eigenvalue weighted by Gasteiger charge is 2.08. The lowest BCUT2D eigenvalue weighted by Crippen LogP contribution is -2.14. The second kappa shape index (κ2) is 6.89. The fourth-order valence-electron chi connectivity index (χ4n) is 0.945. The number of amides is 1. The summed E-state index contributed by atoms with van der Waals surface area (Å²) in [7, 11) is 1.47. The van der Waals surface area contributed by atoms with Crippen LogP contribution < -0.4 is 15.8 Å². The van der Waals surface area contributed by atoms with Gasteiger partial charge in [-0.3, -0.25) is 4.79 Å². The standard InChI is InChI=1S/C9H15N5O2S/c1-3-4-11-7-12-8(16-2)14-9(13-7)17-5-6(10)15/h3-5H2,1-2H3,(H2,10,15)(H,11,12,13,14). The summed E-state index contributed by atoms with van der Waals surface area (Å²) in [6.07, 6.45) is 0.956. The molecule has 0 spiro atoms. The van der Waals surface area contributed by atoms with Crippen molar-refractivity contribution in [2.24, 2.45) is 5.73 Å². The molecule has 0 atom stereocenters. The van der Waals surface area contributed by atoms with Gasteiger partial charge in [0, 0.05) is 6.54 Å². The summed E-state index contributed by atoms with van der Waals surface area (Å²) in [4.78, 5) is 22.8. The third-order valence-electron chi connectivity index (χ3n) is 1.65. The molecule has 0 saturated carbocycles. The lowest BCUT2D eigenvalue weighted by atomic mass is 10.5. The monoisotopic (exact) mass is 257 g/mol. The molecule has 0 radical (unpaired) electrons. The van der Waals surface area contributed by atoms with Gasteiger partial charge in [-0.25, -0.2) is 0 Å². The molecule has 1 aromatic heterocycles. The maximum absolute atomic E-state index is 10.7. The van der Waals surface area contributed by atoms with E-state index in [1.165, 1.54) is 7.11 Å². The number of aromatic nitrogens is 3. The average Bonchev–Trinajstić information content (AvgIpc) is 2.33. The Labute approximate surface area is 104 Å². The molecular formula is C9H15N5O2S. The van der Waals surface area contributed by atoms with E-state index in [2.05, 4.69) is 20.3 Å². The number of nitrogens with two attached hydrogens (primary N) is 1. The first-order valence-corrected chi connectivity index (χ1v) is 6.09. The Kier molecular flexibility index (Phi) is 5.47. The molecule has 0 fully saturated rings. The van der Waals surface area contributed by atoms with Crippen LogP contribution >= 0.6 is 11.8 Å². The third kappa shape index (κ3) is 4.85. The van der Waals surface area contributed by atoms with E-state index in [0.29, 0.717) is 11.1 Å². The lowest BCUT2D eigenvalue weighted by Gasteiger charge is -2.06. The maximum atomic E-state index is 10.7. The average molecular weight is 257 g/mol. The number of hydrogen-bond donors (Lipinski definition) is 2. The van der Waals surface area contributed by atoms with Crippen LogP contribution in [0.15, 0.2) is 5.16 Å². The van der Waals surface area contributed by atoms with Crippen LogP contribution in [0.1, 0.15) is 13.3 Å². The van der Waals surface area contributed by atoms with Gasteiger partial charge < -0.3 is 15.8 Å². The lowest BCUT2D eigenvalue weighted by molar-refractivity contribution is -0.115. The number of anilines is 1. The summed E-state index contributed by atoms with van der Waals surface area (Å²) in [6, 6.07) is 0.213. The predicted octanol–water partition coefficient (Wildman–Crippen LogP) is 0.279. The Morgan fingerprint density at radius 1 is 1.47 bits per heavy atom. The number of rotatable bonds is 7. The van der Waals surface area contributed by atoms with Crippen LogP contribution in [0.2, 0.25) is 0 Å². The smallest absolute Gasteiger partial charge is 0.321 e. The molecule has 3 N–H and O–H groups in total. The van der Waals surface area contributed by atoms with E-state index in [0.717, 1.165) is 24.7 Å². The first kappa shape index (κ1) is 13.5. The highest BCUT2D eigenvalue weighted by Crippen LogP contribution is 2.16. The van der Waals surface area contributed by atoms with E-state index in [-0.39, 0.29) is 11.8 Å². The van der Waals surface area contributed by atoms with Gasteiger partial charge in [0.2, 0.25) is 11.9 Å². The van der Waals surface area contributed by atoms with Crippen LogP contribution in [0.5, 0.6) is 6.01 Å². The Bertz CT molecular complexity index is 388. The number of hydrogen-bond acceptors (Lipinski definition) is 7. The third-order valence-corrected chi connectivity index (χ3v) is 2.52. The molecule has 0 aliphatic rings. The van der Waals surface area contributed by atoms with Gasteiger partial charge in [-0.05, 0) is 6.42 Å². The molecular weight excluding hydrogens is 242 g/mol. The Hall–Kier alpha value is -1.57. The minimum absolute atomic E-state index is 0.125. The van der Waals surface area contributed by atoms with Gasteiger partial charge in [0.05, 0.1) is 12.9 Å². The zero-order valence-electron chi connectivity index (χ0n) is 9.77. The van der Waals surface area contributed by atoms with E-state index >= 15 is 0 Å². The zero-order chi connectivity index (χ0) is 12.7. The molecule has 7 nitrogen and oxygen atoms in total. The van der Waals surface area contributed by atoms with E-state index in [4.69, 9.17) is 10.5 Å². The van der Waals surface area contributed by atoms with E-state index < -0.39 is 5.91 Å². The molecule has 94 valence electrons. The Balaban J connectivity index is 2.77. The number of nitrogens with one attached hydrogen (secondary N) is 1. The van der Waals surface area contributed by atoms with Gasteiger partial charge in [-0.2, -0.15) is 15.0 Å². The predicted molar refractivity (Wildman–Crippen MR) is 65.1 cm³/mol. The molecule has 1 rings (SSSR count). The second-order valence-corrected chi connectivity index (χ2v) is 4.05. The minimum Gasteiger partial charge on any atom is -0.467 e. The van der Waals surface area contributed by atoms with Crippen LogP contribution in [0.4, 0.5) is 5.95 Å². The Morgan fingerprint density at radius 2 is 2.24 bits per heavy atom. The molecule has 1 heterocycles. The van der Waals surface area contributed by atoms with Crippen LogP contribution in [0.3, 0.4) is 0 Å². The topological polar surface area (TPSA) is 103 Å². The normalized spacial score (nSPS) is 10.0. The number of carbonyl (C=O) groups is 1. The number of methoxy groups -OCH3 is 1. The molecule has 1 amide bonds. The van der Waals surface area contributed by atoms with Gasteiger partial charge in [0.1, 0.15) is 0 Å². The molecule has 8 heteroatoms. The van der Waals surface area contributed by atoms with Gasteiger partial charge >= 0.3 is 6.01 Å². The molecule has 17 heavy (non-hydrogen) atoms. The molecule has 0 saturated heterocycles. The quantitative estimate of drug-likeness (QED) is 0.676. The van der Waals surface area contributed by atoms with E-state index in [1.807, 2.05) is 6.92 Å². The van der Waals surface area contributed by atoms with Crippen LogP contribution in [0, 0.1) is 0 Å². The molecule has 1 aromatic rings. The zero-order valence-corrected chi connectivity index (χ0v) is 10.6. The summed E-state index contributed by atoms with van der Waals surface area (Å²) in [5, 5.41) is 3.44. The van der Waals surface area contributed by atoms with Gasteiger partial charge in [-0.1, -0.05) is 18.7 Å². The van der Waals surface area contributed by atoms with Crippen molar-refractivity contribution < 1.29 is 9.53 Å². The first-order valence-electron chi connectivity index (χ1n) is 5.10. The van der Waals surface area contributed by atoms with Crippen molar-refractivity contribution in [3.63, 3.8) is 0 Å². The minimum atomic E-state index is -0.419. The summed E-state index contributed by atoms with van der Waals surface area (Å²) < 4.78 is 4.95. The first-order chi connectivity index (χ1) is 8.15. The van der Waals surface area contributed by atoms with Crippen molar-refractivity contribution in [1.29, 1.82) is 0 Å². The van der Waals surface area contributed by atoms with Crippen molar-refractivity contribution in [2.45, 2.75) is 18.5 Å². The fraction of sp³-hybridized carbons (Fsp3) is 0.556. The van der Waals surface area contributed by atoms with Crippen molar-refractivity contribution in [2.75, 3.05) is 24.7 Å². The Morgan fingerprint density at radius 3 is 2.82 bits per heavy atom. The van der Waals surface area contributed by atoms with Crippen molar-refractivity contribution in [3.05, 3.63) is 0 Å². The summed E-state index contributed by atoms with van der Waals surface area (Å²) in [5.41, 5.74) is 5.05. The van der Waals surface area contributed by atoms with Crippen molar-refractivity contribution in [1.82, 2.24) is 15.0 Å². The van der Waals surface area contributed by atoms with Gasteiger partial charge in [0.25, 0.3) is 0 Å². The number of carbonyl (C=O) groups excluding carboxylic acids is 1. The van der Waals surface area contributed by atoms with Gasteiger partial charge in [0.15, 0.2) is 5.16 Å². The summed E-state index contributed by atoms with van der Waals surface area (Å²) >= 11 is 1.15. The van der Waals surface area contributed by atoms with Crippen molar-refractivity contribution >= 4 is 23.6 Å². The molecule has 0 unspecified atom stereocenters. The van der Waals surface area contributed by atoms with Crippen LogP contribution in [-0.2, 0) is 4.79 Å². The van der Waals surface area contributed by atoms with E-state index in [1.54, 1.807) is 0 Å². The second-order valence-electron chi connectivity index (χ2n) is 3.11. The molecule has 0 bridgehead atoms. The summed E-state index contributed by atoms with van der Waals surface area (Å²) in [5.74, 6) is 0.142. The number of primary amides is 1. The molecule has 0 aliphatic carbocycles. The fourth-order valence-corrected chi connectivity index (χ4v) is 1.51.